The highest BCUT2D eigenvalue weighted by Crippen LogP contribution is 2.31. The van der Waals surface area contributed by atoms with Crippen LogP contribution >= 0.6 is 0 Å². The average molecular weight is 515 g/mol. The molecule has 1 aliphatic rings. The Morgan fingerprint density at radius 1 is 1.16 bits per heavy atom. The van der Waals surface area contributed by atoms with Gasteiger partial charge in [0.2, 0.25) is 5.89 Å². The molecule has 1 saturated heterocycles. The van der Waals surface area contributed by atoms with E-state index in [4.69, 9.17) is 9.15 Å². The molecule has 5 rings (SSSR count). The first-order valence-corrected chi connectivity index (χ1v) is 12.2. The van der Waals surface area contributed by atoms with Crippen LogP contribution in [-0.2, 0) is 4.74 Å². The zero-order chi connectivity index (χ0) is 26.6. The van der Waals surface area contributed by atoms with Gasteiger partial charge in [-0.15, -0.1) is 0 Å². The van der Waals surface area contributed by atoms with E-state index < -0.39 is 10.5 Å². The van der Waals surface area contributed by atoms with Crippen molar-refractivity contribution in [2.75, 3.05) is 43.1 Å². The Bertz CT molecular complexity index is 1540. The van der Waals surface area contributed by atoms with Crippen LogP contribution in [0.2, 0.25) is 0 Å². The molecule has 0 unspecified atom stereocenters. The van der Waals surface area contributed by atoms with Crippen molar-refractivity contribution in [1.82, 2.24) is 14.8 Å². The first kappa shape index (κ1) is 24.9. The third kappa shape index (κ3) is 4.91. The summed E-state index contributed by atoms with van der Waals surface area (Å²) in [4.78, 5) is 31.3. The van der Waals surface area contributed by atoms with E-state index in [1.54, 1.807) is 30.5 Å². The summed E-state index contributed by atoms with van der Waals surface area (Å²) < 4.78 is 12.0. The Balaban J connectivity index is 1.71. The third-order valence-electron chi connectivity index (χ3n) is 6.20. The number of nitro benzene ring substituents is 1. The van der Waals surface area contributed by atoms with Crippen molar-refractivity contribution in [3.8, 4) is 28.4 Å². The van der Waals surface area contributed by atoms with E-state index in [1.807, 2.05) is 25.1 Å². The van der Waals surface area contributed by atoms with Crippen LogP contribution in [0.3, 0.4) is 0 Å². The van der Waals surface area contributed by atoms with Crippen molar-refractivity contribution in [3.63, 3.8) is 0 Å². The number of oxazole rings is 1. The summed E-state index contributed by atoms with van der Waals surface area (Å²) in [5.74, 6) is 0.420. The van der Waals surface area contributed by atoms with E-state index in [2.05, 4.69) is 26.9 Å². The number of ether oxygens (including phenoxy) is 1. The third-order valence-corrected chi connectivity index (χ3v) is 6.20. The number of nitrogens with one attached hydrogen (secondary N) is 1. The molecule has 1 aliphatic heterocycles. The highest BCUT2D eigenvalue weighted by molar-refractivity contribution is 5.74. The molecule has 11 heteroatoms. The normalized spacial score (nSPS) is 13.3. The van der Waals surface area contributed by atoms with E-state index in [1.165, 1.54) is 12.3 Å². The van der Waals surface area contributed by atoms with Gasteiger partial charge in [0, 0.05) is 42.5 Å². The van der Waals surface area contributed by atoms with Crippen molar-refractivity contribution in [3.05, 3.63) is 87.5 Å². The summed E-state index contributed by atoms with van der Waals surface area (Å²) in [5, 5.41) is 19.7. The van der Waals surface area contributed by atoms with Gasteiger partial charge >= 0.3 is 0 Å². The van der Waals surface area contributed by atoms with Crippen LogP contribution in [0.15, 0.2) is 70.7 Å². The van der Waals surface area contributed by atoms with Gasteiger partial charge in [-0.1, -0.05) is 12.7 Å². The van der Waals surface area contributed by atoms with Crippen molar-refractivity contribution < 1.29 is 14.1 Å². The second-order valence-electron chi connectivity index (χ2n) is 8.61. The minimum Gasteiger partial charge on any atom is -0.445 e. The van der Waals surface area contributed by atoms with E-state index in [-0.39, 0.29) is 17.1 Å². The molecular formula is C27H26N6O5. The quantitative estimate of drug-likeness (QED) is 0.269. The molecule has 0 saturated carbocycles. The molecule has 11 nitrogen and oxygen atoms in total. The fraction of sp³-hybridized carbons (Fsp3) is 0.222. The van der Waals surface area contributed by atoms with Gasteiger partial charge in [-0.25, -0.2) is 4.98 Å². The fourth-order valence-corrected chi connectivity index (χ4v) is 4.38. The van der Waals surface area contributed by atoms with Gasteiger partial charge in [-0.2, -0.15) is 9.78 Å². The maximum Gasteiger partial charge on any atom is 0.295 e. The molecule has 1 fully saturated rings. The summed E-state index contributed by atoms with van der Waals surface area (Å²) in [6.45, 7) is 8.60. The van der Waals surface area contributed by atoms with Crippen molar-refractivity contribution in [2.24, 2.45) is 0 Å². The minimum absolute atomic E-state index is 0.0813. The van der Waals surface area contributed by atoms with Gasteiger partial charge < -0.3 is 19.4 Å². The largest absolute Gasteiger partial charge is 0.445 e. The predicted octanol–water partition coefficient (Wildman–Crippen LogP) is 4.37. The topological polar surface area (TPSA) is 129 Å². The van der Waals surface area contributed by atoms with Gasteiger partial charge in [0.15, 0.2) is 0 Å². The number of hydrogen-bond donors (Lipinski definition) is 1. The molecule has 0 amide bonds. The smallest absolute Gasteiger partial charge is 0.295 e. The Morgan fingerprint density at radius 2 is 1.95 bits per heavy atom. The highest BCUT2D eigenvalue weighted by Gasteiger charge is 2.23. The van der Waals surface area contributed by atoms with E-state index in [0.717, 1.165) is 15.9 Å². The van der Waals surface area contributed by atoms with Gasteiger partial charge in [-0.05, 0) is 48.9 Å². The number of nitrogens with zero attached hydrogens (tertiary/aromatic N) is 5. The van der Waals surface area contributed by atoms with Gasteiger partial charge in [0.05, 0.1) is 30.0 Å². The van der Waals surface area contributed by atoms with Gasteiger partial charge in [0.25, 0.3) is 11.2 Å². The molecule has 0 radical (unpaired) electrons. The summed E-state index contributed by atoms with van der Waals surface area (Å²) in [6, 6.07) is 11.9. The summed E-state index contributed by atoms with van der Waals surface area (Å²) in [5.41, 5.74) is 2.97. The summed E-state index contributed by atoms with van der Waals surface area (Å²) in [6.07, 6.45) is 4.73. The molecule has 1 N–H and O–H groups in total. The van der Waals surface area contributed by atoms with Crippen LogP contribution in [0, 0.1) is 10.1 Å². The highest BCUT2D eigenvalue weighted by atomic mass is 16.6. The molecular weight excluding hydrogens is 488 g/mol. The maximum absolute atomic E-state index is 13.5. The molecule has 2 aromatic heterocycles. The van der Waals surface area contributed by atoms with Crippen LogP contribution < -0.4 is 15.8 Å². The van der Waals surface area contributed by atoms with E-state index in [9.17, 15) is 14.9 Å². The van der Waals surface area contributed by atoms with Gasteiger partial charge in [-0.3, -0.25) is 14.9 Å². The first-order valence-electron chi connectivity index (χ1n) is 12.2. The maximum atomic E-state index is 13.5. The van der Waals surface area contributed by atoms with Crippen LogP contribution in [0.1, 0.15) is 12.5 Å². The molecule has 2 aromatic carbocycles. The van der Waals surface area contributed by atoms with Crippen molar-refractivity contribution >= 4 is 23.1 Å². The summed E-state index contributed by atoms with van der Waals surface area (Å²) >= 11 is 0. The zero-order valence-electron chi connectivity index (χ0n) is 20.8. The first-order chi connectivity index (χ1) is 18.5. The number of benzene rings is 2. The number of morpholine rings is 1. The molecule has 0 aliphatic carbocycles. The Labute approximate surface area is 218 Å². The number of hydrogen-bond acceptors (Lipinski definition) is 9. The second kappa shape index (κ2) is 10.7. The molecule has 4 aromatic rings. The van der Waals surface area contributed by atoms with Crippen molar-refractivity contribution in [2.45, 2.75) is 6.92 Å². The lowest BCUT2D eigenvalue weighted by Gasteiger charge is -2.29. The standard InChI is InChI=1S/C27H26N6O5/c1-3-18-13-19(15-20(14-18)26-29-7-10-38-26)22-17-23(28-4-2)27(34)32(30-22)25-16-21(5-6-24(25)33(35)36)31-8-11-37-12-9-31/h3,5-7,10,13-17,28H,1,4,8-9,11-12H2,2H3. The molecule has 194 valence electrons. The van der Waals surface area contributed by atoms with E-state index in [0.29, 0.717) is 55.6 Å². The fourth-order valence-electron chi connectivity index (χ4n) is 4.38. The monoisotopic (exact) mass is 514 g/mol. The number of nitro groups is 1. The molecule has 0 bridgehead atoms. The van der Waals surface area contributed by atoms with Crippen LogP contribution in [0.4, 0.5) is 17.1 Å². The predicted molar refractivity (Wildman–Crippen MR) is 145 cm³/mol. The lowest BCUT2D eigenvalue weighted by molar-refractivity contribution is -0.384. The molecule has 3 heterocycles. The second-order valence-corrected chi connectivity index (χ2v) is 8.61. The van der Waals surface area contributed by atoms with Gasteiger partial charge in [0.1, 0.15) is 17.6 Å². The number of aromatic nitrogens is 3. The molecule has 38 heavy (non-hydrogen) atoms. The zero-order valence-corrected chi connectivity index (χ0v) is 20.8. The average Bonchev–Trinajstić information content (AvgIpc) is 3.49. The minimum atomic E-state index is -0.509. The lowest BCUT2D eigenvalue weighted by atomic mass is 10.0. The van der Waals surface area contributed by atoms with Crippen LogP contribution in [0.5, 0.6) is 0 Å². The van der Waals surface area contributed by atoms with Crippen LogP contribution in [-0.4, -0.2) is 52.5 Å². The Hall–Kier alpha value is -4.77. The lowest BCUT2D eigenvalue weighted by Crippen LogP contribution is -2.36. The summed E-state index contributed by atoms with van der Waals surface area (Å²) in [7, 11) is 0. The number of rotatable bonds is 8. The molecule has 0 atom stereocenters. The van der Waals surface area contributed by atoms with E-state index >= 15 is 0 Å². The SMILES string of the molecule is C=Cc1cc(-c2cc(NCC)c(=O)n(-c3cc(N4CCOCC4)ccc3[N+](=O)[O-])n2)cc(-c2ncco2)c1. The number of anilines is 2. The van der Waals surface area contributed by atoms with Crippen LogP contribution in [0.25, 0.3) is 34.5 Å². The Kier molecular flexibility index (Phi) is 7.00. The Morgan fingerprint density at radius 3 is 2.63 bits per heavy atom. The van der Waals surface area contributed by atoms with Crippen molar-refractivity contribution in [1.29, 1.82) is 0 Å². The molecule has 0 spiro atoms.